The molecule has 1 N–H and O–H groups in total. The number of rotatable bonds is 8. The van der Waals surface area contributed by atoms with Crippen LogP contribution in [0.3, 0.4) is 0 Å². The van der Waals surface area contributed by atoms with E-state index in [9.17, 15) is 14.7 Å². The highest BCUT2D eigenvalue weighted by molar-refractivity contribution is 6.46. The third-order valence-electron chi connectivity index (χ3n) is 5.80. The zero-order valence-corrected chi connectivity index (χ0v) is 18.4. The number of aliphatic hydroxyl groups excluding tert-OH is 1. The van der Waals surface area contributed by atoms with Crippen LogP contribution in [0.4, 0.5) is 0 Å². The van der Waals surface area contributed by atoms with Crippen molar-refractivity contribution < 1.29 is 24.2 Å². The molecule has 1 unspecified atom stereocenters. The number of hydrogen-bond donors (Lipinski definition) is 1. The van der Waals surface area contributed by atoms with Gasteiger partial charge in [-0.15, -0.1) is 0 Å². The molecule has 0 aliphatic carbocycles. The van der Waals surface area contributed by atoms with Gasteiger partial charge in [0.05, 0.1) is 24.8 Å². The summed E-state index contributed by atoms with van der Waals surface area (Å²) in [6.07, 6.45) is 4.70. The molecule has 4 rings (SSSR count). The van der Waals surface area contributed by atoms with E-state index in [2.05, 4.69) is 16.5 Å². The minimum atomic E-state index is -0.730. The van der Waals surface area contributed by atoms with Crippen LogP contribution >= 0.6 is 0 Å². The van der Waals surface area contributed by atoms with Gasteiger partial charge in [0.25, 0.3) is 11.7 Å². The minimum absolute atomic E-state index is 0.0639. The summed E-state index contributed by atoms with van der Waals surface area (Å²) < 4.78 is 11.1. The summed E-state index contributed by atoms with van der Waals surface area (Å²) in [7, 11) is 0. The van der Waals surface area contributed by atoms with E-state index in [1.54, 1.807) is 30.3 Å². The van der Waals surface area contributed by atoms with Crippen molar-refractivity contribution in [1.82, 2.24) is 14.8 Å². The Labute approximate surface area is 192 Å². The number of morpholine rings is 1. The molecule has 172 valence electrons. The van der Waals surface area contributed by atoms with Gasteiger partial charge >= 0.3 is 0 Å². The molecule has 0 bridgehead atoms. The van der Waals surface area contributed by atoms with E-state index in [4.69, 9.17) is 9.47 Å². The summed E-state index contributed by atoms with van der Waals surface area (Å²) in [6.45, 7) is 7.79. The van der Waals surface area contributed by atoms with Gasteiger partial charge in [-0.3, -0.25) is 19.5 Å². The van der Waals surface area contributed by atoms with Crippen LogP contribution in [0.25, 0.3) is 5.76 Å². The lowest BCUT2D eigenvalue weighted by Gasteiger charge is -2.31. The minimum Gasteiger partial charge on any atom is -0.507 e. The van der Waals surface area contributed by atoms with E-state index in [0.717, 1.165) is 13.1 Å². The largest absolute Gasteiger partial charge is 0.507 e. The topological polar surface area (TPSA) is 92.2 Å². The molecule has 0 radical (unpaired) electrons. The third-order valence-corrected chi connectivity index (χ3v) is 5.80. The van der Waals surface area contributed by atoms with Crippen LogP contribution in [-0.4, -0.2) is 77.6 Å². The van der Waals surface area contributed by atoms with E-state index < -0.39 is 17.7 Å². The molecule has 1 aromatic heterocycles. The average molecular weight is 450 g/mol. The van der Waals surface area contributed by atoms with Crippen LogP contribution in [0.15, 0.2) is 67.0 Å². The van der Waals surface area contributed by atoms with Crippen molar-refractivity contribution in [2.45, 2.75) is 6.04 Å². The molecule has 1 aromatic carbocycles. The predicted octanol–water partition coefficient (Wildman–Crippen LogP) is 2.40. The maximum absolute atomic E-state index is 13.1. The second-order valence-electron chi connectivity index (χ2n) is 7.85. The molecular formula is C25H27N3O5. The Morgan fingerprint density at radius 1 is 1.18 bits per heavy atom. The van der Waals surface area contributed by atoms with E-state index >= 15 is 0 Å². The van der Waals surface area contributed by atoms with Crippen molar-refractivity contribution in [3.8, 4) is 5.75 Å². The highest BCUT2D eigenvalue weighted by Crippen LogP contribution is 2.40. The Morgan fingerprint density at radius 2 is 1.94 bits per heavy atom. The molecule has 1 atom stereocenters. The number of ketones is 1. The predicted molar refractivity (Wildman–Crippen MR) is 123 cm³/mol. The van der Waals surface area contributed by atoms with Gasteiger partial charge < -0.3 is 19.5 Å². The number of hydrogen-bond acceptors (Lipinski definition) is 7. The van der Waals surface area contributed by atoms with Gasteiger partial charge in [0.15, 0.2) is 0 Å². The third kappa shape index (κ3) is 4.97. The number of carbonyl (C=O) groups excluding carboxylic acids is 2. The molecule has 3 heterocycles. The van der Waals surface area contributed by atoms with Crippen LogP contribution in [0.2, 0.25) is 0 Å². The summed E-state index contributed by atoms with van der Waals surface area (Å²) in [4.78, 5) is 33.9. The molecule has 8 heteroatoms. The van der Waals surface area contributed by atoms with Crippen LogP contribution in [0, 0.1) is 0 Å². The number of aromatic nitrogens is 1. The van der Waals surface area contributed by atoms with Gasteiger partial charge in [0.1, 0.15) is 18.1 Å². The van der Waals surface area contributed by atoms with Gasteiger partial charge in [-0.1, -0.05) is 24.8 Å². The summed E-state index contributed by atoms with van der Waals surface area (Å²) in [5, 5.41) is 11.1. The number of carbonyl (C=O) groups is 2. The highest BCUT2D eigenvalue weighted by atomic mass is 16.5. The van der Waals surface area contributed by atoms with Crippen molar-refractivity contribution in [1.29, 1.82) is 0 Å². The zero-order valence-electron chi connectivity index (χ0n) is 18.4. The number of ether oxygens (including phenoxy) is 2. The number of amides is 1. The Balaban J connectivity index is 1.73. The maximum atomic E-state index is 13.1. The Hall–Kier alpha value is -3.49. The lowest BCUT2D eigenvalue weighted by atomic mass is 9.95. The molecule has 8 nitrogen and oxygen atoms in total. The Morgan fingerprint density at radius 3 is 2.67 bits per heavy atom. The van der Waals surface area contributed by atoms with Gasteiger partial charge in [0.2, 0.25) is 0 Å². The van der Waals surface area contributed by atoms with Gasteiger partial charge in [0, 0.05) is 44.1 Å². The van der Waals surface area contributed by atoms with Crippen molar-refractivity contribution >= 4 is 17.4 Å². The molecule has 2 aliphatic rings. The number of aliphatic hydroxyl groups is 1. The number of nitrogens with zero attached hydrogens (tertiary/aromatic N) is 3. The molecule has 2 fully saturated rings. The monoisotopic (exact) mass is 449 g/mol. The smallest absolute Gasteiger partial charge is 0.295 e. The van der Waals surface area contributed by atoms with Crippen LogP contribution in [0.1, 0.15) is 17.2 Å². The molecular weight excluding hydrogens is 422 g/mol. The highest BCUT2D eigenvalue weighted by Gasteiger charge is 2.46. The lowest BCUT2D eigenvalue weighted by Crippen LogP contribution is -2.42. The fourth-order valence-corrected chi connectivity index (χ4v) is 4.13. The van der Waals surface area contributed by atoms with Crippen LogP contribution < -0.4 is 4.74 Å². The van der Waals surface area contributed by atoms with Crippen molar-refractivity contribution in [3.63, 3.8) is 0 Å². The molecule has 0 saturated carbocycles. The van der Waals surface area contributed by atoms with Crippen molar-refractivity contribution in [2.75, 3.05) is 46.0 Å². The Kier molecular flexibility index (Phi) is 7.16. The molecule has 1 amide bonds. The first-order chi connectivity index (χ1) is 16.1. The first kappa shape index (κ1) is 22.7. The van der Waals surface area contributed by atoms with E-state index in [0.29, 0.717) is 49.8 Å². The number of Topliss-reactive ketones (excluding diaryl/α,β-unsaturated/α-hetero) is 1. The number of benzene rings is 1. The van der Waals surface area contributed by atoms with Crippen molar-refractivity contribution in [2.24, 2.45) is 0 Å². The van der Waals surface area contributed by atoms with Crippen molar-refractivity contribution in [3.05, 3.63) is 78.1 Å². The molecule has 33 heavy (non-hydrogen) atoms. The van der Waals surface area contributed by atoms with Gasteiger partial charge in [-0.05, 0) is 29.8 Å². The summed E-state index contributed by atoms with van der Waals surface area (Å²) >= 11 is 0. The average Bonchev–Trinajstić information content (AvgIpc) is 3.12. The SMILES string of the molecule is C=CCOc1cccc(C2/C(=C(\O)c3ccncc3)C(=O)C(=O)N2CCN2CCOCC2)c1. The van der Waals surface area contributed by atoms with E-state index in [1.165, 1.54) is 17.3 Å². The normalized spacial score (nSPS) is 20.7. The standard InChI is InChI=1S/C25H27N3O5/c1-2-14-33-20-5-3-4-19(17-20)22-21(23(29)18-6-8-26-9-7-18)24(30)25(31)28(22)11-10-27-12-15-32-16-13-27/h2-9,17,22,29H,1,10-16H2/b23-21+. The van der Waals surface area contributed by atoms with E-state index in [1.807, 2.05) is 12.1 Å². The molecule has 0 spiro atoms. The first-order valence-corrected chi connectivity index (χ1v) is 10.9. The molecule has 2 saturated heterocycles. The lowest BCUT2D eigenvalue weighted by molar-refractivity contribution is -0.140. The fraction of sp³-hybridized carbons (Fsp3) is 0.320. The van der Waals surface area contributed by atoms with Crippen LogP contribution in [-0.2, 0) is 14.3 Å². The fourth-order valence-electron chi connectivity index (χ4n) is 4.13. The quantitative estimate of drug-likeness (QED) is 0.286. The Bertz CT molecular complexity index is 1050. The maximum Gasteiger partial charge on any atom is 0.295 e. The number of pyridine rings is 1. The second kappa shape index (κ2) is 10.4. The zero-order chi connectivity index (χ0) is 23.2. The first-order valence-electron chi connectivity index (χ1n) is 10.9. The molecule has 2 aromatic rings. The summed E-state index contributed by atoms with van der Waals surface area (Å²) in [6, 6.07) is 9.72. The summed E-state index contributed by atoms with van der Waals surface area (Å²) in [5.74, 6) is -0.947. The second-order valence-corrected chi connectivity index (χ2v) is 7.85. The molecule has 2 aliphatic heterocycles. The van der Waals surface area contributed by atoms with Gasteiger partial charge in [-0.2, -0.15) is 0 Å². The summed E-state index contributed by atoms with van der Waals surface area (Å²) in [5.41, 5.74) is 1.18. The van der Waals surface area contributed by atoms with Gasteiger partial charge in [-0.25, -0.2) is 0 Å². The van der Waals surface area contributed by atoms with Crippen LogP contribution in [0.5, 0.6) is 5.75 Å². The number of likely N-dealkylation sites (tertiary alicyclic amines) is 1. The van der Waals surface area contributed by atoms with E-state index in [-0.39, 0.29) is 11.3 Å².